The third-order valence-electron chi connectivity index (χ3n) is 1.58. The molecule has 72 valence electrons. The van der Waals surface area contributed by atoms with Crippen molar-refractivity contribution in [1.82, 2.24) is 20.6 Å². The van der Waals surface area contributed by atoms with Crippen molar-refractivity contribution in [3.8, 4) is 0 Å². The minimum Gasteiger partial charge on any atom is -0.206 e. The molecule has 0 aliphatic heterocycles. The first-order valence-corrected chi connectivity index (χ1v) is 4.94. The molecule has 0 spiro atoms. The lowest BCUT2D eigenvalue weighted by atomic mass is 10.3. The Morgan fingerprint density at radius 3 is 2.93 bits per heavy atom. The van der Waals surface area contributed by atoms with Crippen molar-refractivity contribution >= 4 is 11.8 Å². The second-order valence-electron chi connectivity index (χ2n) is 2.55. The zero-order valence-electron chi connectivity index (χ0n) is 7.14. The van der Waals surface area contributed by atoms with Gasteiger partial charge in [-0.15, -0.1) is 22.0 Å². The summed E-state index contributed by atoms with van der Waals surface area (Å²) < 4.78 is 13.1. The van der Waals surface area contributed by atoms with Crippen LogP contribution in [0.4, 0.5) is 4.39 Å². The van der Waals surface area contributed by atoms with Crippen LogP contribution in [-0.2, 0) is 5.75 Å². The van der Waals surface area contributed by atoms with E-state index < -0.39 is 0 Å². The van der Waals surface area contributed by atoms with Gasteiger partial charge in [-0.25, -0.2) is 4.39 Å². The van der Waals surface area contributed by atoms with E-state index in [1.54, 1.807) is 18.2 Å². The first kappa shape index (κ1) is 9.14. The van der Waals surface area contributed by atoms with Gasteiger partial charge in [-0.2, -0.15) is 5.21 Å². The van der Waals surface area contributed by atoms with Crippen molar-refractivity contribution in [3.63, 3.8) is 0 Å². The number of aromatic nitrogens is 4. The fourth-order valence-electron chi connectivity index (χ4n) is 0.948. The summed E-state index contributed by atoms with van der Waals surface area (Å²) in [5.74, 6) is 0.858. The minimum atomic E-state index is -0.221. The molecule has 2 rings (SSSR count). The van der Waals surface area contributed by atoms with Gasteiger partial charge >= 0.3 is 0 Å². The molecular formula is C8H7FN4S. The largest absolute Gasteiger partial charge is 0.206 e. The van der Waals surface area contributed by atoms with Crippen molar-refractivity contribution in [2.75, 3.05) is 0 Å². The first-order chi connectivity index (χ1) is 6.86. The van der Waals surface area contributed by atoms with Gasteiger partial charge in [0.25, 0.3) is 0 Å². The van der Waals surface area contributed by atoms with E-state index in [9.17, 15) is 4.39 Å². The highest BCUT2D eigenvalue weighted by Gasteiger charge is 2.03. The number of rotatable bonds is 3. The van der Waals surface area contributed by atoms with E-state index in [0.29, 0.717) is 16.5 Å². The van der Waals surface area contributed by atoms with Crippen LogP contribution < -0.4 is 0 Å². The molecule has 1 N–H and O–H groups in total. The van der Waals surface area contributed by atoms with Gasteiger partial charge in [0.2, 0.25) is 0 Å². The maximum atomic E-state index is 13.1. The zero-order valence-corrected chi connectivity index (χ0v) is 7.96. The quantitative estimate of drug-likeness (QED) is 0.782. The van der Waals surface area contributed by atoms with Crippen molar-refractivity contribution in [2.45, 2.75) is 10.6 Å². The molecule has 0 fully saturated rings. The molecule has 0 unspecified atom stereocenters. The smallest absolute Gasteiger partial charge is 0.184 e. The Morgan fingerprint density at radius 2 is 2.21 bits per heavy atom. The average molecular weight is 210 g/mol. The van der Waals surface area contributed by atoms with Crippen LogP contribution in [0.2, 0.25) is 0 Å². The average Bonchev–Trinajstić information content (AvgIpc) is 2.69. The molecule has 1 aromatic carbocycles. The summed E-state index contributed by atoms with van der Waals surface area (Å²) in [6.07, 6.45) is 0. The van der Waals surface area contributed by atoms with Crippen LogP contribution in [0.1, 0.15) is 5.82 Å². The van der Waals surface area contributed by atoms with Gasteiger partial charge in [0.05, 0.1) is 5.75 Å². The second-order valence-corrected chi connectivity index (χ2v) is 3.56. The van der Waals surface area contributed by atoms with Crippen LogP contribution in [-0.4, -0.2) is 20.6 Å². The van der Waals surface area contributed by atoms with Gasteiger partial charge in [-0.05, 0) is 12.1 Å². The summed E-state index contributed by atoms with van der Waals surface area (Å²) in [7, 11) is 0. The number of hydrogen-bond donors (Lipinski definition) is 1. The Labute approximate surface area is 83.9 Å². The standard InChI is InChI=1S/C8H7FN4S/c9-6-3-1-2-4-7(6)14-5-8-10-12-13-11-8/h1-4H,5H2,(H,10,11,12,13). The molecule has 0 amide bonds. The lowest BCUT2D eigenvalue weighted by Crippen LogP contribution is -1.85. The first-order valence-electron chi connectivity index (χ1n) is 3.96. The van der Waals surface area contributed by atoms with Crippen LogP contribution in [0.3, 0.4) is 0 Å². The number of halogens is 1. The summed E-state index contributed by atoms with van der Waals surface area (Å²) >= 11 is 1.34. The molecule has 0 aliphatic carbocycles. The number of benzene rings is 1. The normalized spacial score (nSPS) is 10.4. The Kier molecular flexibility index (Phi) is 2.73. The lowest BCUT2D eigenvalue weighted by Gasteiger charge is -1.98. The van der Waals surface area contributed by atoms with E-state index >= 15 is 0 Å². The predicted octanol–water partition coefficient (Wildman–Crippen LogP) is 1.63. The Hall–Kier alpha value is -1.43. The van der Waals surface area contributed by atoms with Crippen LogP contribution in [0.25, 0.3) is 0 Å². The van der Waals surface area contributed by atoms with Crippen molar-refractivity contribution in [3.05, 3.63) is 35.9 Å². The molecule has 0 bridgehead atoms. The van der Waals surface area contributed by atoms with E-state index in [0.717, 1.165) is 0 Å². The van der Waals surface area contributed by atoms with Gasteiger partial charge in [-0.3, -0.25) is 0 Å². The summed E-state index contributed by atoms with van der Waals surface area (Å²) in [5.41, 5.74) is 0. The van der Waals surface area contributed by atoms with Gasteiger partial charge in [0, 0.05) is 4.90 Å². The van der Waals surface area contributed by atoms with E-state index in [4.69, 9.17) is 0 Å². The number of thioether (sulfide) groups is 1. The number of tetrazole rings is 1. The molecule has 0 atom stereocenters. The molecule has 6 heteroatoms. The Balaban J connectivity index is 2.02. The van der Waals surface area contributed by atoms with Crippen LogP contribution >= 0.6 is 11.8 Å². The number of hydrogen-bond acceptors (Lipinski definition) is 4. The van der Waals surface area contributed by atoms with Crippen molar-refractivity contribution in [1.29, 1.82) is 0 Å². The molecule has 14 heavy (non-hydrogen) atoms. The van der Waals surface area contributed by atoms with E-state index in [-0.39, 0.29) is 5.82 Å². The molecule has 0 aliphatic rings. The molecule has 0 saturated carbocycles. The topological polar surface area (TPSA) is 54.5 Å². The van der Waals surface area contributed by atoms with Gasteiger partial charge in [0.1, 0.15) is 5.82 Å². The van der Waals surface area contributed by atoms with Crippen LogP contribution in [0, 0.1) is 5.82 Å². The van der Waals surface area contributed by atoms with Crippen molar-refractivity contribution < 1.29 is 4.39 Å². The Bertz CT molecular complexity index is 403. The van der Waals surface area contributed by atoms with Gasteiger partial charge < -0.3 is 0 Å². The fourth-order valence-corrected chi connectivity index (χ4v) is 1.74. The molecule has 1 heterocycles. The zero-order chi connectivity index (χ0) is 9.80. The predicted molar refractivity (Wildman–Crippen MR) is 50.1 cm³/mol. The molecule has 4 nitrogen and oxygen atoms in total. The second kappa shape index (κ2) is 4.19. The molecule has 0 radical (unpaired) electrons. The molecule has 1 aromatic heterocycles. The van der Waals surface area contributed by atoms with Crippen molar-refractivity contribution in [2.24, 2.45) is 0 Å². The third-order valence-corrected chi connectivity index (χ3v) is 2.63. The number of nitrogens with one attached hydrogen (secondary N) is 1. The minimum absolute atomic E-state index is 0.221. The molecule has 0 saturated heterocycles. The lowest BCUT2D eigenvalue weighted by molar-refractivity contribution is 0.602. The number of H-pyrrole nitrogens is 1. The summed E-state index contributed by atoms with van der Waals surface area (Å²) in [6.45, 7) is 0. The Morgan fingerprint density at radius 1 is 1.36 bits per heavy atom. The van der Waals surface area contributed by atoms with E-state index in [1.807, 2.05) is 0 Å². The monoisotopic (exact) mass is 210 g/mol. The van der Waals surface area contributed by atoms with Gasteiger partial charge in [0.15, 0.2) is 5.82 Å². The summed E-state index contributed by atoms with van der Waals surface area (Å²) in [4.78, 5) is 0.595. The molecular weight excluding hydrogens is 203 g/mol. The highest BCUT2D eigenvalue weighted by molar-refractivity contribution is 7.98. The van der Waals surface area contributed by atoms with Crippen LogP contribution in [0.5, 0.6) is 0 Å². The maximum absolute atomic E-state index is 13.1. The third kappa shape index (κ3) is 2.08. The number of nitrogens with zero attached hydrogens (tertiary/aromatic N) is 3. The highest BCUT2D eigenvalue weighted by atomic mass is 32.2. The molecule has 2 aromatic rings. The van der Waals surface area contributed by atoms with Crippen LogP contribution in [0.15, 0.2) is 29.2 Å². The SMILES string of the molecule is Fc1ccccc1SCc1nn[nH]n1. The summed E-state index contributed by atoms with van der Waals surface area (Å²) in [6, 6.07) is 6.61. The fraction of sp³-hybridized carbons (Fsp3) is 0.125. The van der Waals surface area contributed by atoms with Gasteiger partial charge in [-0.1, -0.05) is 17.3 Å². The van der Waals surface area contributed by atoms with E-state index in [1.165, 1.54) is 17.8 Å². The maximum Gasteiger partial charge on any atom is 0.184 e. The highest BCUT2D eigenvalue weighted by Crippen LogP contribution is 2.23. The van der Waals surface area contributed by atoms with E-state index in [2.05, 4.69) is 20.6 Å². The number of aromatic amines is 1. The summed E-state index contributed by atoms with van der Waals surface area (Å²) in [5, 5.41) is 13.3.